The fourth-order valence-corrected chi connectivity index (χ4v) is 2.22. The van der Waals surface area contributed by atoms with Crippen LogP contribution in [0.2, 0.25) is 0 Å². The smallest absolute Gasteiger partial charge is 0.354 e. The largest absolute Gasteiger partial charge is 0.461 e. The van der Waals surface area contributed by atoms with Crippen LogP contribution in [0.15, 0.2) is 53.6 Å². The Kier molecular flexibility index (Phi) is 6.22. The Hall–Kier alpha value is -3.22. The minimum atomic E-state index is -0.502. The van der Waals surface area contributed by atoms with Crippen LogP contribution in [0, 0.1) is 17.0 Å². The van der Waals surface area contributed by atoms with E-state index in [1.165, 1.54) is 6.07 Å². The zero-order valence-corrected chi connectivity index (χ0v) is 14.1. The minimum absolute atomic E-state index is 0.0319. The van der Waals surface area contributed by atoms with E-state index in [4.69, 9.17) is 4.74 Å². The second-order valence-electron chi connectivity index (χ2n) is 5.31. The number of carbonyl (C=O) groups excluding carboxylic acids is 1. The van der Waals surface area contributed by atoms with Crippen molar-refractivity contribution < 1.29 is 14.5 Å². The molecule has 2 rings (SSSR count). The summed E-state index contributed by atoms with van der Waals surface area (Å²) in [4.78, 5) is 22.5. The zero-order valence-electron chi connectivity index (χ0n) is 14.1. The van der Waals surface area contributed by atoms with E-state index >= 15 is 0 Å². The van der Waals surface area contributed by atoms with Crippen molar-refractivity contribution in [3.63, 3.8) is 0 Å². The summed E-state index contributed by atoms with van der Waals surface area (Å²) in [5.41, 5.74) is 5.02. The molecular weight excluding hydrogens is 322 g/mol. The highest BCUT2D eigenvalue weighted by Crippen LogP contribution is 2.21. The maximum absolute atomic E-state index is 12.1. The number of aryl methyl sites for hydroxylation is 1. The SMILES string of the molecule is CCOC(=O)/C(Cc1ccccc1)=N/Nc1ccc([N+](=O)[O-])c(C)c1. The van der Waals surface area contributed by atoms with Crippen molar-refractivity contribution in [2.75, 3.05) is 12.0 Å². The molecule has 0 aliphatic heterocycles. The van der Waals surface area contributed by atoms with E-state index in [1.54, 1.807) is 26.0 Å². The lowest BCUT2D eigenvalue weighted by Crippen LogP contribution is -2.21. The minimum Gasteiger partial charge on any atom is -0.461 e. The van der Waals surface area contributed by atoms with Gasteiger partial charge in [0.1, 0.15) is 5.71 Å². The maximum Gasteiger partial charge on any atom is 0.354 e. The summed E-state index contributed by atoms with van der Waals surface area (Å²) in [5, 5.41) is 15.0. The van der Waals surface area contributed by atoms with E-state index in [2.05, 4.69) is 10.5 Å². The van der Waals surface area contributed by atoms with Gasteiger partial charge in [-0.25, -0.2) is 4.79 Å². The van der Waals surface area contributed by atoms with Gasteiger partial charge in [-0.05, 0) is 31.5 Å². The van der Waals surface area contributed by atoms with Gasteiger partial charge in [-0.3, -0.25) is 15.5 Å². The molecule has 1 N–H and O–H groups in total. The standard InChI is InChI=1S/C18H19N3O4/c1-3-25-18(22)16(12-14-7-5-4-6-8-14)20-19-15-9-10-17(21(23)24)13(2)11-15/h4-11,19H,3,12H2,1-2H3/b20-16+. The molecule has 0 bridgehead atoms. The van der Waals surface area contributed by atoms with Gasteiger partial charge >= 0.3 is 5.97 Å². The number of nitro benzene ring substituents is 1. The van der Waals surface area contributed by atoms with Crippen LogP contribution in [0.5, 0.6) is 0 Å². The predicted octanol–water partition coefficient (Wildman–Crippen LogP) is 3.48. The van der Waals surface area contributed by atoms with Crippen LogP contribution in [0.25, 0.3) is 0 Å². The van der Waals surface area contributed by atoms with E-state index < -0.39 is 10.9 Å². The Labute approximate surface area is 145 Å². The van der Waals surface area contributed by atoms with Crippen LogP contribution in [0.4, 0.5) is 11.4 Å². The Morgan fingerprint density at radius 2 is 1.96 bits per heavy atom. The molecule has 0 fully saturated rings. The van der Waals surface area contributed by atoms with Crippen LogP contribution in [0.1, 0.15) is 18.1 Å². The highest BCUT2D eigenvalue weighted by atomic mass is 16.6. The van der Waals surface area contributed by atoms with Gasteiger partial charge in [0.2, 0.25) is 0 Å². The van der Waals surface area contributed by atoms with Gasteiger partial charge in [-0.2, -0.15) is 5.10 Å². The fourth-order valence-electron chi connectivity index (χ4n) is 2.22. The average Bonchev–Trinajstić information content (AvgIpc) is 2.59. The topological polar surface area (TPSA) is 93.8 Å². The van der Waals surface area contributed by atoms with Crippen LogP contribution >= 0.6 is 0 Å². The number of nitro groups is 1. The van der Waals surface area contributed by atoms with Crippen LogP contribution in [-0.4, -0.2) is 23.2 Å². The van der Waals surface area contributed by atoms with Gasteiger partial charge in [0.15, 0.2) is 0 Å². The van der Waals surface area contributed by atoms with Crippen molar-refractivity contribution in [2.45, 2.75) is 20.3 Å². The predicted molar refractivity (Wildman–Crippen MR) is 95.7 cm³/mol. The number of benzene rings is 2. The summed E-state index contributed by atoms with van der Waals surface area (Å²) in [6, 6.07) is 14.0. The summed E-state index contributed by atoms with van der Waals surface area (Å²) >= 11 is 0. The third kappa shape index (κ3) is 5.13. The monoisotopic (exact) mass is 341 g/mol. The molecule has 0 aliphatic carbocycles. The summed E-state index contributed by atoms with van der Waals surface area (Å²) in [7, 11) is 0. The van der Waals surface area contributed by atoms with Crippen LogP contribution in [0.3, 0.4) is 0 Å². The third-order valence-electron chi connectivity index (χ3n) is 3.44. The number of hydrogen-bond acceptors (Lipinski definition) is 6. The molecule has 0 saturated heterocycles. The highest BCUT2D eigenvalue weighted by Gasteiger charge is 2.14. The fraction of sp³-hybridized carbons (Fsp3) is 0.222. The number of hydrogen-bond donors (Lipinski definition) is 1. The summed E-state index contributed by atoms with van der Waals surface area (Å²) in [5.74, 6) is -0.502. The molecule has 0 radical (unpaired) electrons. The molecule has 25 heavy (non-hydrogen) atoms. The molecule has 0 amide bonds. The van der Waals surface area contributed by atoms with Crippen molar-refractivity contribution in [2.24, 2.45) is 5.10 Å². The Balaban J connectivity index is 2.20. The molecule has 0 heterocycles. The molecule has 0 aromatic heterocycles. The molecule has 7 nitrogen and oxygen atoms in total. The highest BCUT2D eigenvalue weighted by molar-refractivity contribution is 6.37. The molecular formula is C18H19N3O4. The summed E-state index contributed by atoms with van der Waals surface area (Å²) < 4.78 is 5.04. The molecule has 2 aromatic rings. The van der Waals surface area contributed by atoms with Gasteiger partial charge < -0.3 is 4.74 Å². The van der Waals surface area contributed by atoms with E-state index in [9.17, 15) is 14.9 Å². The number of hydrazone groups is 1. The molecule has 0 unspecified atom stereocenters. The number of anilines is 1. The average molecular weight is 341 g/mol. The van der Waals surface area contributed by atoms with Crippen molar-refractivity contribution in [3.05, 3.63) is 69.8 Å². The van der Waals surface area contributed by atoms with E-state index in [1.807, 2.05) is 30.3 Å². The first-order chi connectivity index (χ1) is 12.0. The quantitative estimate of drug-likeness (QED) is 0.360. The van der Waals surface area contributed by atoms with Crippen molar-refractivity contribution in [3.8, 4) is 0 Å². The number of nitrogens with one attached hydrogen (secondary N) is 1. The molecule has 0 saturated carbocycles. The maximum atomic E-state index is 12.1. The lowest BCUT2D eigenvalue weighted by molar-refractivity contribution is -0.385. The number of esters is 1. The molecule has 130 valence electrons. The molecule has 0 spiro atoms. The Bertz CT molecular complexity index is 788. The van der Waals surface area contributed by atoms with Crippen LogP contribution < -0.4 is 5.43 Å². The number of nitrogens with zero attached hydrogens (tertiary/aromatic N) is 2. The Morgan fingerprint density at radius 1 is 1.24 bits per heavy atom. The van der Waals surface area contributed by atoms with Gasteiger partial charge in [-0.15, -0.1) is 0 Å². The lowest BCUT2D eigenvalue weighted by atomic mass is 10.1. The number of rotatable bonds is 7. The first-order valence-electron chi connectivity index (χ1n) is 7.80. The van der Waals surface area contributed by atoms with Crippen molar-refractivity contribution >= 4 is 23.1 Å². The van der Waals surface area contributed by atoms with Crippen molar-refractivity contribution in [1.82, 2.24) is 0 Å². The molecule has 2 aromatic carbocycles. The van der Waals surface area contributed by atoms with Gasteiger partial charge in [0.25, 0.3) is 5.69 Å². The second kappa shape index (κ2) is 8.58. The van der Waals surface area contributed by atoms with Crippen molar-refractivity contribution in [1.29, 1.82) is 0 Å². The number of carbonyl (C=O) groups is 1. The molecule has 0 atom stereocenters. The van der Waals surface area contributed by atoms with E-state index in [0.717, 1.165) is 5.56 Å². The van der Waals surface area contributed by atoms with Gasteiger partial charge in [-0.1, -0.05) is 30.3 Å². The molecule has 7 heteroatoms. The van der Waals surface area contributed by atoms with E-state index in [0.29, 0.717) is 17.7 Å². The summed E-state index contributed by atoms with van der Waals surface area (Å²) in [6.07, 6.45) is 0.318. The normalized spacial score (nSPS) is 11.0. The van der Waals surface area contributed by atoms with E-state index in [-0.39, 0.29) is 18.0 Å². The van der Waals surface area contributed by atoms with Crippen LogP contribution in [-0.2, 0) is 16.0 Å². The zero-order chi connectivity index (χ0) is 18.2. The van der Waals surface area contributed by atoms with Gasteiger partial charge in [0, 0.05) is 18.1 Å². The lowest BCUT2D eigenvalue weighted by Gasteiger charge is -2.08. The second-order valence-corrected chi connectivity index (χ2v) is 5.31. The first-order valence-corrected chi connectivity index (χ1v) is 7.80. The Morgan fingerprint density at radius 3 is 2.56 bits per heavy atom. The first kappa shape index (κ1) is 18.1. The summed E-state index contributed by atoms with van der Waals surface area (Å²) in [6.45, 7) is 3.62. The number of ether oxygens (including phenoxy) is 1. The molecule has 0 aliphatic rings. The van der Waals surface area contributed by atoms with Gasteiger partial charge in [0.05, 0.1) is 17.2 Å². The third-order valence-corrected chi connectivity index (χ3v) is 3.44.